The van der Waals surface area contributed by atoms with E-state index in [1.807, 2.05) is 0 Å². The maximum atomic E-state index is 2.42. The molecule has 0 fully saturated rings. The first-order chi connectivity index (χ1) is 30.5. The maximum absolute atomic E-state index is 2.42. The Kier molecular flexibility index (Phi) is 8.27. The lowest BCUT2D eigenvalue weighted by Gasteiger charge is -2.28. The molecule has 0 aliphatic heterocycles. The molecule has 292 valence electrons. The van der Waals surface area contributed by atoms with Gasteiger partial charge in [0.2, 0.25) is 0 Å². The lowest BCUT2D eigenvalue weighted by Crippen LogP contribution is -2.16. The van der Waals surface area contributed by atoms with Crippen LogP contribution in [0.3, 0.4) is 0 Å². The number of rotatable bonds is 6. The van der Waals surface area contributed by atoms with E-state index in [0.29, 0.717) is 0 Å². The summed E-state index contributed by atoms with van der Waals surface area (Å²) in [6.07, 6.45) is 0. The molecule has 1 nitrogen and oxygen atoms in total. The average molecular weight is 790 g/mol. The number of anilines is 3. The lowest BCUT2D eigenvalue weighted by atomic mass is 9.82. The van der Waals surface area contributed by atoms with Crippen LogP contribution < -0.4 is 4.90 Å². The molecule has 12 rings (SSSR count). The molecule has 11 aromatic carbocycles. The molecule has 0 unspecified atom stereocenters. The van der Waals surface area contributed by atoms with Crippen molar-refractivity contribution in [2.45, 2.75) is 19.3 Å². The third kappa shape index (κ3) is 5.77. The van der Waals surface area contributed by atoms with Gasteiger partial charge in [-0.25, -0.2) is 0 Å². The number of fused-ring (bicyclic) bond motifs is 9. The predicted octanol–water partition coefficient (Wildman–Crippen LogP) is 17.1. The van der Waals surface area contributed by atoms with Crippen molar-refractivity contribution in [1.82, 2.24) is 0 Å². The Hall–Kier alpha value is -7.74. The van der Waals surface area contributed by atoms with Gasteiger partial charge in [0.15, 0.2) is 0 Å². The summed E-state index contributed by atoms with van der Waals surface area (Å²) < 4.78 is 0. The summed E-state index contributed by atoms with van der Waals surface area (Å²) in [6.45, 7) is 4.72. The van der Waals surface area contributed by atoms with Crippen molar-refractivity contribution in [1.29, 1.82) is 0 Å². The first-order valence-electron chi connectivity index (χ1n) is 21.7. The zero-order chi connectivity index (χ0) is 41.4. The average Bonchev–Trinajstić information content (AvgIpc) is 3.56. The normalized spacial score (nSPS) is 12.8. The summed E-state index contributed by atoms with van der Waals surface area (Å²) in [6, 6.07) is 82.9. The van der Waals surface area contributed by atoms with Gasteiger partial charge < -0.3 is 4.90 Å². The minimum absolute atomic E-state index is 0.107. The number of benzene rings is 11. The standard InChI is InChI=1S/C61H43N/c1-61(2)59-22-12-11-21-55(59)56-36-35-48(39-60(56)61)62(47-33-29-43(30-34-47)58-38-45-14-4-6-16-50(45)52-18-8-10-20-54(52)58)46-31-27-41(28-32-46)40-23-25-42(26-24-40)57-37-44-13-3-5-15-49(44)51-17-7-9-19-53(51)57/h3-39H,1-2H3. The third-order valence-electron chi connectivity index (χ3n) is 13.5. The molecule has 11 aromatic rings. The molecular weight excluding hydrogens is 747 g/mol. The fraction of sp³-hybridized carbons (Fsp3) is 0.0492. The molecule has 0 atom stereocenters. The van der Waals surface area contributed by atoms with Crippen LogP contribution in [0.15, 0.2) is 224 Å². The summed E-state index contributed by atoms with van der Waals surface area (Å²) in [5.41, 5.74) is 16.0. The minimum Gasteiger partial charge on any atom is -0.310 e. The maximum Gasteiger partial charge on any atom is 0.0465 e. The number of hydrogen-bond donors (Lipinski definition) is 0. The Morgan fingerprint density at radius 1 is 0.274 bits per heavy atom. The largest absolute Gasteiger partial charge is 0.310 e. The lowest BCUT2D eigenvalue weighted by molar-refractivity contribution is 0.660. The fourth-order valence-corrected chi connectivity index (χ4v) is 10.3. The predicted molar refractivity (Wildman–Crippen MR) is 265 cm³/mol. The van der Waals surface area contributed by atoms with Gasteiger partial charge in [-0.1, -0.05) is 190 Å². The summed E-state index contributed by atoms with van der Waals surface area (Å²) in [4.78, 5) is 2.42. The van der Waals surface area contributed by atoms with Crippen molar-refractivity contribution in [3.63, 3.8) is 0 Å². The Labute approximate surface area is 362 Å². The Balaban J connectivity index is 0.933. The first-order valence-corrected chi connectivity index (χ1v) is 21.7. The Morgan fingerprint density at radius 3 is 1.21 bits per heavy atom. The van der Waals surface area contributed by atoms with Crippen LogP contribution in [-0.2, 0) is 5.41 Å². The Morgan fingerprint density at radius 2 is 0.661 bits per heavy atom. The van der Waals surface area contributed by atoms with Crippen LogP contribution in [0.1, 0.15) is 25.0 Å². The molecule has 62 heavy (non-hydrogen) atoms. The highest BCUT2D eigenvalue weighted by molar-refractivity contribution is 6.15. The van der Waals surface area contributed by atoms with E-state index in [4.69, 9.17) is 0 Å². The van der Waals surface area contributed by atoms with E-state index < -0.39 is 0 Å². The van der Waals surface area contributed by atoms with E-state index in [0.717, 1.165) is 17.1 Å². The summed E-state index contributed by atoms with van der Waals surface area (Å²) in [5.74, 6) is 0. The zero-order valence-corrected chi connectivity index (χ0v) is 34.8. The molecule has 1 heteroatoms. The van der Waals surface area contributed by atoms with Crippen molar-refractivity contribution in [2.75, 3.05) is 4.90 Å². The van der Waals surface area contributed by atoms with Crippen LogP contribution in [0.25, 0.3) is 87.6 Å². The summed E-state index contributed by atoms with van der Waals surface area (Å²) in [7, 11) is 0. The van der Waals surface area contributed by atoms with Crippen LogP contribution in [-0.4, -0.2) is 0 Å². The molecule has 0 amide bonds. The van der Waals surface area contributed by atoms with Gasteiger partial charge in [-0.05, 0) is 147 Å². The van der Waals surface area contributed by atoms with Gasteiger partial charge in [0, 0.05) is 22.5 Å². The third-order valence-corrected chi connectivity index (χ3v) is 13.5. The number of hydrogen-bond acceptors (Lipinski definition) is 1. The second-order valence-electron chi connectivity index (χ2n) is 17.3. The molecule has 0 aromatic heterocycles. The second kappa shape index (κ2) is 14.2. The highest BCUT2D eigenvalue weighted by atomic mass is 15.1. The van der Waals surface area contributed by atoms with Gasteiger partial charge in [-0.3, -0.25) is 0 Å². The number of nitrogens with zero attached hydrogens (tertiary/aromatic N) is 1. The molecule has 1 aliphatic rings. The molecule has 0 N–H and O–H groups in total. The molecule has 0 bridgehead atoms. The SMILES string of the molecule is CC1(C)c2ccccc2-c2ccc(N(c3ccc(-c4ccc(-c5cc6ccccc6c6ccccc56)cc4)cc3)c3ccc(-c4cc5ccccc5c5ccccc45)cc3)cc21. The van der Waals surface area contributed by atoms with Gasteiger partial charge in [0.1, 0.15) is 0 Å². The molecular formula is C61H43N. The van der Waals surface area contributed by atoms with Crippen molar-refractivity contribution < 1.29 is 0 Å². The van der Waals surface area contributed by atoms with Crippen molar-refractivity contribution in [2.24, 2.45) is 0 Å². The second-order valence-corrected chi connectivity index (χ2v) is 17.3. The monoisotopic (exact) mass is 789 g/mol. The van der Waals surface area contributed by atoms with Gasteiger partial charge in [0.25, 0.3) is 0 Å². The van der Waals surface area contributed by atoms with Crippen molar-refractivity contribution in [3.05, 3.63) is 236 Å². The van der Waals surface area contributed by atoms with E-state index in [2.05, 4.69) is 243 Å². The van der Waals surface area contributed by atoms with Gasteiger partial charge >= 0.3 is 0 Å². The molecule has 0 radical (unpaired) electrons. The van der Waals surface area contributed by atoms with Gasteiger partial charge in [-0.15, -0.1) is 0 Å². The van der Waals surface area contributed by atoms with Crippen LogP contribution in [0, 0.1) is 0 Å². The smallest absolute Gasteiger partial charge is 0.0465 e. The zero-order valence-electron chi connectivity index (χ0n) is 34.8. The van der Waals surface area contributed by atoms with E-state index in [9.17, 15) is 0 Å². The Bertz CT molecular complexity index is 3520. The van der Waals surface area contributed by atoms with Crippen molar-refractivity contribution in [3.8, 4) is 44.5 Å². The van der Waals surface area contributed by atoms with Crippen LogP contribution in [0.4, 0.5) is 17.1 Å². The molecule has 0 spiro atoms. The van der Waals surface area contributed by atoms with Crippen molar-refractivity contribution >= 4 is 60.2 Å². The highest BCUT2D eigenvalue weighted by Crippen LogP contribution is 2.51. The highest BCUT2D eigenvalue weighted by Gasteiger charge is 2.35. The molecule has 0 saturated carbocycles. The van der Waals surface area contributed by atoms with Crippen LogP contribution in [0.5, 0.6) is 0 Å². The molecule has 0 heterocycles. The summed E-state index contributed by atoms with van der Waals surface area (Å²) >= 11 is 0. The minimum atomic E-state index is -0.107. The van der Waals surface area contributed by atoms with Crippen LogP contribution in [0.2, 0.25) is 0 Å². The first kappa shape index (κ1) is 36.1. The van der Waals surface area contributed by atoms with Gasteiger partial charge in [-0.2, -0.15) is 0 Å². The molecule has 1 aliphatic carbocycles. The van der Waals surface area contributed by atoms with E-state index in [-0.39, 0.29) is 5.41 Å². The van der Waals surface area contributed by atoms with E-state index >= 15 is 0 Å². The van der Waals surface area contributed by atoms with Gasteiger partial charge in [0.05, 0.1) is 0 Å². The van der Waals surface area contributed by atoms with E-state index in [1.54, 1.807) is 0 Å². The van der Waals surface area contributed by atoms with E-state index in [1.165, 1.54) is 98.7 Å². The van der Waals surface area contributed by atoms with Crippen LogP contribution >= 0.6 is 0 Å². The summed E-state index contributed by atoms with van der Waals surface area (Å²) in [5, 5.41) is 10.2. The fourth-order valence-electron chi connectivity index (χ4n) is 10.3. The molecule has 0 saturated heterocycles. The quantitative estimate of drug-likeness (QED) is 0.152. The topological polar surface area (TPSA) is 3.24 Å².